The van der Waals surface area contributed by atoms with E-state index in [9.17, 15) is 4.79 Å². The summed E-state index contributed by atoms with van der Waals surface area (Å²) >= 11 is 0. The molecule has 2 unspecified atom stereocenters. The van der Waals surface area contributed by atoms with Gasteiger partial charge in [-0.3, -0.25) is 4.79 Å². The molecule has 0 aliphatic heterocycles. The van der Waals surface area contributed by atoms with Crippen molar-refractivity contribution >= 4 is 11.7 Å². The molecule has 1 saturated carbocycles. The van der Waals surface area contributed by atoms with Gasteiger partial charge in [-0.05, 0) is 43.7 Å². The summed E-state index contributed by atoms with van der Waals surface area (Å²) < 4.78 is 5.59. The van der Waals surface area contributed by atoms with Crippen LogP contribution in [0.2, 0.25) is 0 Å². The van der Waals surface area contributed by atoms with E-state index in [0.717, 1.165) is 25.1 Å². The lowest BCUT2D eigenvalue weighted by Crippen LogP contribution is -2.28. The number of benzene rings is 1. The predicted octanol–water partition coefficient (Wildman–Crippen LogP) is 4.00. The molecule has 3 nitrogen and oxygen atoms in total. The Labute approximate surface area is 121 Å². The van der Waals surface area contributed by atoms with Crippen LogP contribution in [0.4, 0.5) is 5.69 Å². The number of esters is 1. The summed E-state index contributed by atoms with van der Waals surface area (Å²) in [5.74, 6) is 0.480. The van der Waals surface area contributed by atoms with E-state index in [2.05, 4.69) is 12.2 Å². The van der Waals surface area contributed by atoms with Crippen molar-refractivity contribution in [3.8, 4) is 0 Å². The van der Waals surface area contributed by atoms with Gasteiger partial charge in [-0.15, -0.1) is 0 Å². The van der Waals surface area contributed by atoms with Crippen molar-refractivity contribution in [2.24, 2.45) is 5.92 Å². The first-order chi connectivity index (χ1) is 9.75. The third-order valence-corrected chi connectivity index (χ3v) is 3.98. The fourth-order valence-corrected chi connectivity index (χ4v) is 2.71. The first kappa shape index (κ1) is 14.9. The van der Waals surface area contributed by atoms with E-state index in [-0.39, 0.29) is 12.1 Å². The van der Waals surface area contributed by atoms with Gasteiger partial charge in [0.15, 0.2) is 0 Å². The van der Waals surface area contributed by atoms with Crippen LogP contribution >= 0.6 is 0 Å². The predicted molar refractivity (Wildman–Crippen MR) is 81.7 cm³/mol. The van der Waals surface area contributed by atoms with Crippen molar-refractivity contribution in [1.82, 2.24) is 0 Å². The van der Waals surface area contributed by atoms with E-state index in [1.54, 1.807) is 0 Å². The molecule has 2 rings (SSSR count). The molecule has 0 amide bonds. The Bertz CT molecular complexity index is 405. The number of nitrogens with one attached hydrogen (secondary N) is 1. The standard InChI is InChI=1S/C17H25NO2/c1-14-8-5-6-11-16(14)20-17(19)12-7-13-18-15-9-3-2-4-10-15/h2-4,9-10,14,16,18H,5-8,11-13H2,1H3. The molecule has 1 fully saturated rings. The van der Waals surface area contributed by atoms with Crippen LogP contribution in [0.3, 0.4) is 0 Å². The maximum absolute atomic E-state index is 11.8. The number of carbonyl (C=O) groups excluding carboxylic acids is 1. The van der Waals surface area contributed by atoms with Crippen LogP contribution in [-0.4, -0.2) is 18.6 Å². The van der Waals surface area contributed by atoms with Crippen molar-refractivity contribution in [1.29, 1.82) is 0 Å². The van der Waals surface area contributed by atoms with Gasteiger partial charge < -0.3 is 10.1 Å². The summed E-state index contributed by atoms with van der Waals surface area (Å²) in [5, 5.41) is 3.30. The van der Waals surface area contributed by atoms with Crippen molar-refractivity contribution in [3.63, 3.8) is 0 Å². The third kappa shape index (κ3) is 4.87. The van der Waals surface area contributed by atoms with Gasteiger partial charge in [0, 0.05) is 18.7 Å². The van der Waals surface area contributed by atoms with E-state index < -0.39 is 0 Å². The Kier molecular flexibility index (Phi) is 5.90. The molecule has 110 valence electrons. The minimum absolute atomic E-state index is 0.0430. The number of carbonyl (C=O) groups is 1. The maximum atomic E-state index is 11.8. The molecule has 2 atom stereocenters. The molecule has 0 spiro atoms. The lowest BCUT2D eigenvalue weighted by molar-refractivity contribution is -0.153. The van der Waals surface area contributed by atoms with E-state index >= 15 is 0 Å². The first-order valence-electron chi connectivity index (χ1n) is 7.74. The first-order valence-corrected chi connectivity index (χ1v) is 7.74. The zero-order valence-corrected chi connectivity index (χ0v) is 12.3. The number of anilines is 1. The van der Waals surface area contributed by atoms with Crippen LogP contribution in [0.25, 0.3) is 0 Å². The largest absolute Gasteiger partial charge is 0.462 e. The molecule has 1 aliphatic carbocycles. The average Bonchev–Trinajstić information content (AvgIpc) is 2.47. The highest BCUT2D eigenvalue weighted by atomic mass is 16.5. The van der Waals surface area contributed by atoms with Crippen molar-refractivity contribution < 1.29 is 9.53 Å². The second-order valence-corrected chi connectivity index (χ2v) is 5.69. The van der Waals surface area contributed by atoms with Crippen LogP contribution in [0.5, 0.6) is 0 Å². The monoisotopic (exact) mass is 275 g/mol. The van der Waals surface area contributed by atoms with Crippen LogP contribution in [0.1, 0.15) is 45.4 Å². The quantitative estimate of drug-likeness (QED) is 0.630. The van der Waals surface area contributed by atoms with E-state index in [1.807, 2.05) is 30.3 Å². The Morgan fingerprint density at radius 3 is 2.75 bits per heavy atom. The summed E-state index contributed by atoms with van der Waals surface area (Å²) in [5.41, 5.74) is 1.10. The highest BCUT2D eigenvalue weighted by Gasteiger charge is 2.24. The lowest BCUT2D eigenvalue weighted by Gasteiger charge is -2.28. The second kappa shape index (κ2) is 7.93. The molecular weight excluding hydrogens is 250 g/mol. The molecule has 1 aromatic carbocycles. The molecular formula is C17H25NO2. The molecule has 0 bridgehead atoms. The van der Waals surface area contributed by atoms with Gasteiger partial charge in [-0.2, -0.15) is 0 Å². The van der Waals surface area contributed by atoms with Crippen LogP contribution in [0.15, 0.2) is 30.3 Å². The van der Waals surface area contributed by atoms with E-state index in [4.69, 9.17) is 4.74 Å². The molecule has 20 heavy (non-hydrogen) atoms. The van der Waals surface area contributed by atoms with Crippen molar-refractivity contribution in [3.05, 3.63) is 30.3 Å². The zero-order valence-electron chi connectivity index (χ0n) is 12.3. The maximum Gasteiger partial charge on any atom is 0.306 e. The summed E-state index contributed by atoms with van der Waals surface area (Å²) in [4.78, 5) is 11.8. The molecule has 0 saturated heterocycles. The number of para-hydroxylation sites is 1. The van der Waals surface area contributed by atoms with Crippen LogP contribution < -0.4 is 5.32 Å². The summed E-state index contributed by atoms with van der Waals surface area (Å²) in [6, 6.07) is 10.1. The van der Waals surface area contributed by atoms with Gasteiger partial charge in [-0.25, -0.2) is 0 Å². The van der Waals surface area contributed by atoms with Gasteiger partial charge in [0.05, 0.1) is 0 Å². The fourth-order valence-electron chi connectivity index (χ4n) is 2.71. The number of ether oxygens (including phenoxy) is 1. The van der Waals surface area contributed by atoms with Gasteiger partial charge in [0.25, 0.3) is 0 Å². The van der Waals surface area contributed by atoms with Gasteiger partial charge in [-0.1, -0.05) is 31.5 Å². The molecule has 0 aromatic heterocycles. The molecule has 3 heteroatoms. The fraction of sp³-hybridized carbons (Fsp3) is 0.588. The summed E-state index contributed by atoms with van der Waals surface area (Å²) in [6.07, 6.45) is 6.16. The number of hydrogen-bond acceptors (Lipinski definition) is 3. The Morgan fingerprint density at radius 2 is 2.00 bits per heavy atom. The highest BCUT2D eigenvalue weighted by Crippen LogP contribution is 2.26. The van der Waals surface area contributed by atoms with Crippen LogP contribution in [0, 0.1) is 5.92 Å². The average molecular weight is 275 g/mol. The van der Waals surface area contributed by atoms with Crippen LogP contribution in [-0.2, 0) is 9.53 Å². The minimum atomic E-state index is -0.0430. The molecule has 0 radical (unpaired) electrons. The SMILES string of the molecule is CC1CCCCC1OC(=O)CCCNc1ccccc1. The molecule has 1 N–H and O–H groups in total. The molecule has 1 aliphatic rings. The van der Waals surface area contributed by atoms with E-state index in [0.29, 0.717) is 12.3 Å². The van der Waals surface area contributed by atoms with E-state index in [1.165, 1.54) is 19.3 Å². The van der Waals surface area contributed by atoms with Gasteiger partial charge in [0.1, 0.15) is 6.10 Å². The lowest BCUT2D eigenvalue weighted by atomic mass is 9.88. The second-order valence-electron chi connectivity index (χ2n) is 5.69. The Morgan fingerprint density at radius 1 is 1.25 bits per heavy atom. The Balaban J connectivity index is 1.60. The topological polar surface area (TPSA) is 38.3 Å². The molecule has 0 heterocycles. The van der Waals surface area contributed by atoms with Crippen molar-refractivity contribution in [2.75, 3.05) is 11.9 Å². The molecule has 1 aromatic rings. The minimum Gasteiger partial charge on any atom is -0.462 e. The Hall–Kier alpha value is -1.51. The number of hydrogen-bond donors (Lipinski definition) is 1. The summed E-state index contributed by atoms with van der Waals surface area (Å²) in [6.45, 7) is 2.99. The van der Waals surface area contributed by atoms with Crippen molar-refractivity contribution in [2.45, 2.75) is 51.6 Å². The smallest absolute Gasteiger partial charge is 0.306 e. The summed E-state index contributed by atoms with van der Waals surface area (Å²) in [7, 11) is 0. The van der Waals surface area contributed by atoms with Gasteiger partial charge >= 0.3 is 5.97 Å². The zero-order chi connectivity index (χ0) is 14.2. The highest BCUT2D eigenvalue weighted by molar-refractivity contribution is 5.69. The number of rotatable bonds is 6. The normalized spacial score (nSPS) is 22.2. The third-order valence-electron chi connectivity index (χ3n) is 3.98. The van der Waals surface area contributed by atoms with Gasteiger partial charge in [0.2, 0.25) is 0 Å².